The Morgan fingerprint density at radius 3 is 2.22 bits per heavy atom. The van der Waals surface area contributed by atoms with Crippen LogP contribution in [-0.4, -0.2) is 9.55 Å². The Labute approximate surface area is 109 Å². The van der Waals surface area contributed by atoms with Crippen LogP contribution in [0.1, 0.15) is 32.2 Å². The summed E-state index contributed by atoms with van der Waals surface area (Å²) in [4.78, 5) is 4.65. The van der Waals surface area contributed by atoms with E-state index in [0.29, 0.717) is 0 Å². The Morgan fingerprint density at radius 1 is 1.11 bits per heavy atom. The number of hydrogen-bond acceptors (Lipinski definition) is 2. The lowest BCUT2D eigenvalue weighted by Gasteiger charge is -2.24. The molecule has 1 aromatic carbocycles. The van der Waals surface area contributed by atoms with Gasteiger partial charge in [0.1, 0.15) is 17.3 Å². The fourth-order valence-electron chi connectivity index (χ4n) is 2.43. The summed E-state index contributed by atoms with van der Waals surface area (Å²) >= 11 is 0. The first-order chi connectivity index (χ1) is 8.32. The van der Waals surface area contributed by atoms with Crippen molar-refractivity contribution in [2.75, 3.05) is 5.73 Å². The molecule has 0 saturated carbocycles. The van der Waals surface area contributed by atoms with Crippen LogP contribution < -0.4 is 5.73 Å². The summed E-state index contributed by atoms with van der Waals surface area (Å²) in [6.45, 7) is 10.5. The summed E-state index contributed by atoms with van der Waals surface area (Å²) in [7, 11) is 0. The van der Waals surface area contributed by atoms with E-state index in [9.17, 15) is 0 Å². The van der Waals surface area contributed by atoms with Gasteiger partial charge in [-0.15, -0.1) is 0 Å². The molecule has 0 aliphatic carbocycles. The third kappa shape index (κ3) is 2.01. The van der Waals surface area contributed by atoms with Gasteiger partial charge < -0.3 is 10.3 Å². The van der Waals surface area contributed by atoms with Gasteiger partial charge >= 0.3 is 0 Å². The third-order valence-corrected chi connectivity index (χ3v) is 3.15. The van der Waals surface area contributed by atoms with E-state index < -0.39 is 0 Å². The molecule has 2 N–H and O–H groups in total. The second-order valence-electron chi connectivity index (χ2n) is 5.71. The lowest BCUT2D eigenvalue weighted by atomic mass is 10.1. The summed E-state index contributed by atoms with van der Waals surface area (Å²) in [5.74, 6) is 1.70. The molecule has 0 amide bonds. The minimum atomic E-state index is -0.0535. The van der Waals surface area contributed by atoms with Crippen molar-refractivity contribution in [3.63, 3.8) is 0 Å². The van der Waals surface area contributed by atoms with E-state index in [0.717, 1.165) is 22.9 Å². The number of hydrogen-bond donors (Lipinski definition) is 1. The predicted molar refractivity (Wildman–Crippen MR) is 76.5 cm³/mol. The number of nitrogens with zero attached hydrogens (tertiary/aromatic N) is 2. The van der Waals surface area contributed by atoms with Crippen molar-refractivity contribution in [3.05, 3.63) is 35.7 Å². The molecule has 1 aromatic heterocycles. The Balaban J connectivity index is 2.66. The number of aromatic nitrogens is 2. The normalized spacial score (nSPS) is 11.8. The number of anilines is 1. The van der Waals surface area contributed by atoms with E-state index in [1.54, 1.807) is 0 Å². The van der Waals surface area contributed by atoms with Crippen LogP contribution in [-0.2, 0) is 5.54 Å². The van der Waals surface area contributed by atoms with Crippen LogP contribution in [0.5, 0.6) is 0 Å². The molecule has 2 rings (SSSR count). The highest BCUT2D eigenvalue weighted by Crippen LogP contribution is 2.32. The van der Waals surface area contributed by atoms with Gasteiger partial charge in [-0.2, -0.15) is 0 Å². The highest BCUT2D eigenvalue weighted by Gasteiger charge is 2.22. The zero-order valence-corrected chi connectivity index (χ0v) is 11.8. The molecule has 0 atom stereocenters. The maximum Gasteiger partial charge on any atom is 0.132 e. The van der Waals surface area contributed by atoms with Crippen molar-refractivity contribution in [2.45, 2.75) is 40.2 Å². The van der Waals surface area contributed by atoms with E-state index in [1.807, 2.05) is 19.1 Å². The predicted octanol–water partition coefficient (Wildman–Crippen LogP) is 3.50. The summed E-state index contributed by atoms with van der Waals surface area (Å²) in [5.41, 5.74) is 9.44. The average molecular weight is 243 g/mol. The van der Waals surface area contributed by atoms with E-state index >= 15 is 0 Å². The van der Waals surface area contributed by atoms with Gasteiger partial charge in [-0.3, -0.25) is 0 Å². The molecule has 0 saturated heterocycles. The highest BCUT2D eigenvalue weighted by molar-refractivity contribution is 5.73. The van der Waals surface area contributed by atoms with Crippen LogP contribution >= 0.6 is 0 Å². The molecule has 0 aliphatic rings. The topological polar surface area (TPSA) is 43.8 Å². The van der Waals surface area contributed by atoms with Crippen molar-refractivity contribution >= 4 is 5.82 Å². The summed E-state index contributed by atoms with van der Waals surface area (Å²) in [6.07, 6.45) is 0. The molecule has 0 spiro atoms. The number of rotatable bonds is 1. The Bertz CT molecular complexity index is 574. The van der Waals surface area contributed by atoms with Crippen molar-refractivity contribution in [2.24, 2.45) is 0 Å². The SMILES string of the molecule is Cc1ccccc1-c1nc(C)n(C(C)(C)C)c1N. The summed E-state index contributed by atoms with van der Waals surface area (Å²) in [6, 6.07) is 8.20. The lowest BCUT2D eigenvalue weighted by Crippen LogP contribution is -2.24. The molecule has 18 heavy (non-hydrogen) atoms. The molecule has 0 radical (unpaired) electrons. The Morgan fingerprint density at radius 2 is 1.72 bits per heavy atom. The van der Waals surface area contributed by atoms with Gasteiger partial charge in [0.05, 0.1) is 0 Å². The van der Waals surface area contributed by atoms with Crippen molar-refractivity contribution in [1.29, 1.82) is 0 Å². The largest absolute Gasteiger partial charge is 0.383 e. The first-order valence-corrected chi connectivity index (χ1v) is 6.23. The van der Waals surface area contributed by atoms with Crippen LogP contribution in [0.15, 0.2) is 24.3 Å². The number of benzene rings is 1. The van der Waals surface area contributed by atoms with Crippen LogP contribution in [0.2, 0.25) is 0 Å². The minimum absolute atomic E-state index is 0.0535. The fraction of sp³-hybridized carbons (Fsp3) is 0.400. The quantitative estimate of drug-likeness (QED) is 0.833. The van der Waals surface area contributed by atoms with Gasteiger partial charge in [0, 0.05) is 11.1 Å². The molecule has 0 fully saturated rings. The van der Waals surface area contributed by atoms with E-state index in [2.05, 4.69) is 49.4 Å². The molecule has 2 aromatic rings. The fourth-order valence-corrected chi connectivity index (χ4v) is 2.43. The second kappa shape index (κ2) is 4.16. The van der Waals surface area contributed by atoms with E-state index in [-0.39, 0.29) is 5.54 Å². The summed E-state index contributed by atoms with van der Waals surface area (Å²) < 4.78 is 2.09. The maximum atomic E-state index is 6.29. The minimum Gasteiger partial charge on any atom is -0.383 e. The number of aryl methyl sites for hydroxylation is 2. The third-order valence-electron chi connectivity index (χ3n) is 3.15. The zero-order valence-electron chi connectivity index (χ0n) is 11.8. The molecule has 0 bridgehead atoms. The van der Waals surface area contributed by atoms with Crippen LogP contribution in [0.3, 0.4) is 0 Å². The molecule has 96 valence electrons. The first kappa shape index (κ1) is 12.7. The van der Waals surface area contributed by atoms with Crippen LogP contribution in [0.4, 0.5) is 5.82 Å². The standard InChI is InChI=1S/C15H21N3/c1-10-8-6-7-9-12(10)13-14(16)18(11(2)17-13)15(3,4)5/h6-9H,16H2,1-5H3. The smallest absolute Gasteiger partial charge is 0.132 e. The Kier molecular flexibility index (Phi) is 2.93. The number of imidazole rings is 1. The highest BCUT2D eigenvalue weighted by atomic mass is 15.2. The van der Waals surface area contributed by atoms with Crippen molar-refractivity contribution in [1.82, 2.24) is 9.55 Å². The molecule has 1 heterocycles. The molecular formula is C15H21N3. The second-order valence-corrected chi connectivity index (χ2v) is 5.71. The lowest BCUT2D eigenvalue weighted by molar-refractivity contribution is 0.393. The van der Waals surface area contributed by atoms with Gasteiger partial charge in [0.2, 0.25) is 0 Å². The first-order valence-electron chi connectivity index (χ1n) is 6.23. The van der Waals surface area contributed by atoms with E-state index in [1.165, 1.54) is 5.56 Å². The van der Waals surface area contributed by atoms with Gasteiger partial charge in [-0.05, 0) is 40.2 Å². The van der Waals surface area contributed by atoms with Gasteiger partial charge in [0.15, 0.2) is 0 Å². The van der Waals surface area contributed by atoms with Crippen LogP contribution in [0.25, 0.3) is 11.3 Å². The zero-order chi connectivity index (χ0) is 13.5. The van der Waals surface area contributed by atoms with Crippen molar-refractivity contribution < 1.29 is 0 Å². The monoisotopic (exact) mass is 243 g/mol. The molecule has 0 aliphatic heterocycles. The van der Waals surface area contributed by atoms with E-state index in [4.69, 9.17) is 5.73 Å². The Hall–Kier alpha value is -1.77. The molecule has 3 nitrogen and oxygen atoms in total. The number of nitrogens with two attached hydrogens (primary N) is 1. The van der Waals surface area contributed by atoms with Crippen molar-refractivity contribution in [3.8, 4) is 11.3 Å². The molecule has 3 heteroatoms. The summed E-state index contributed by atoms with van der Waals surface area (Å²) in [5, 5.41) is 0. The molecule has 0 unspecified atom stereocenters. The average Bonchev–Trinajstić information content (AvgIpc) is 2.54. The maximum absolute atomic E-state index is 6.29. The van der Waals surface area contributed by atoms with Crippen LogP contribution in [0, 0.1) is 13.8 Å². The van der Waals surface area contributed by atoms with Gasteiger partial charge in [-0.25, -0.2) is 4.98 Å². The van der Waals surface area contributed by atoms with Gasteiger partial charge in [-0.1, -0.05) is 24.3 Å². The number of nitrogen functional groups attached to an aromatic ring is 1. The molecular weight excluding hydrogens is 222 g/mol. The van der Waals surface area contributed by atoms with Gasteiger partial charge in [0.25, 0.3) is 0 Å².